The van der Waals surface area contributed by atoms with E-state index < -0.39 is 11.9 Å². The van der Waals surface area contributed by atoms with Crippen molar-refractivity contribution in [3.05, 3.63) is 49.4 Å². The zero-order chi connectivity index (χ0) is 21.2. The monoisotopic (exact) mass is 463 g/mol. The van der Waals surface area contributed by atoms with E-state index in [0.29, 0.717) is 12.2 Å². The van der Waals surface area contributed by atoms with Gasteiger partial charge in [0.05, 0.1) is 43.3 Å². The first-order valence-electron chi connectivity index (χ1n) is 8.06. The molecule has 28 heavy (non-hydrogen) atoms. The zero-order valence-corrected chi connectivity index (χ0v) is 18.2. The fourth-order valence-corrected chi connectivity index (χ4v) is 3.89. The molecule has 10 heteroatoms. The Morgan fingerprint density at radius 1 is 1.04 bits per heavy atom. The number of anilines is 3. The van der Waals surface area contributed by atoms with Crippen molar-refractivity contribution in [1.29, 1.82) is 0 Å². The molecule has 6 nitrogen and oxygen atoms in total. The first-order valence-corrected chi connectivity index (χ1v) is 9.58. The van der Waals surface area contributed by atoms with Gasteiger partial charge < -0.3 is 20.6 Å². The number of halogens is 4. The molecule has 0 fully saturated rings. The lowest BCUT2D eigenvalue weighted by molar-refractivity contribution is 0.0697. The number of amides is 1. The van der Waals surface area contributed by atoms with Crippen LogP contribution in [0.5, 0.6) is 0 Å². The fraction of sp³-hybridized carbons (Fsp3) is 0.222. The lowest BCUT2D eigenvalue weighted by Gasteiger charge is -2.23. The summed E-state index contributed by atoms with van der Waals surface area (Å²) in [6, 6.07) is 4.19. The summed E-state index contributed by atoms with van der Waals surface area (Å²) in [4.78, 5) is 26.1. The molecule has 0 aromatic heterocycles. The normalized spacial score (nSPS) is 10.5. The minimum Gasteiger partial charge on any atom is -0.478 e. The molecule has 0 aliphatic heterocycles. The number of carboxylic acids is 1. The van der Waals surface area contributed by atoms with Gasteiger partial charge >= 0.3 is 5.97 Å². The van der Waals surface area contributed by atoms with Gasteiger partial charge in [0.1, 0.15) is 0 Å². The van der Waals surface area contributed by atoms with Gasteiger partial charge in [-0.05, 0) is 25.1 Å². The number of carbonyl (C=O) groups excluding carboxylic acids is 1. The van der Waals surface area contributed by atoms with Gasteiger partial charge in [0.2, 0.25) is 0 Å². The Balaban J connectivity index is 2.59. The van der Waals surface area contributed by atoms with Crippen LogP contribution in [-0.2, 0) is 0 Å². The van der Waals surface area contributed by atoms with E-state index in [-0.39, 0.29) is 42.6 Å². The van der Waals surface area contributed by atoms with Crippen molar-refractivity contribution >= 4 is 75.3 Å². The summed E-state index contributed by atoms with van der Waals surface area (Å²) in [7, 11) is 3.30. The molecule has 3 N–H and O–H groups in total. The van der Waals surface area contributed by atoms with Crippen molar-refractivity contribution in [3.63, 3.8) is 0 Å². The molecule has 2 rings (SSSR count). The minimum atomic E-state index is -1.18. The molecule has 0 radical (unpaired) electrons. The standard InChI is InChI=1S/C18H17Cl4N3O3/c1-4-25(3)16-10(18(27)28)7-12(21)15(13(16)22)24-17(26)9-5-8(19)6-11(20)14(9)23-2/h5-7,23H,4H2,1-3H3,(H,24,26)(H,27,28). The number of rotatable bonds is 6. The Bertz CT molecular complexity index is 950. The van der Waals surface area contributed by atoms with Gasteiger partial charge in [0, 0.05) is 25.7 Å². The number of nitrogens with zero attached hydrogens (tertiary/aromatic N) is 1. The molecular formula is C18H17Cl4N3O3. The largest absolute Gasteiger partial charge is 0.478 e. The third-order valence-electron chi connectivity index (χ3n) is 4.07. The number of hydrogen-bond donors (Lipinski definition) is 3. The molecular weight excluding hydrogens is 448 g/mol. The van der Waals surface area contributed by atoms with Gasteiger partial charge in [-0.15, -0.1) is 0 Å². The summed E-state index contributed by atoms with van der Waals surface area (Å²) in [5.41, 5.74) is 0.823. The van der Waals surface area contributed by atoms with Crippen LogP contribution < -0.4 is 15.5 Å². The van der Waals surface area contributed by atoms with Crippen LogP contribution in [0.3, 0.4) is 0 Å². The highest BCUT2D eigenvalue weighted by atomic mass is 35.5. The van der Waals surface area contributed by atoms with Crippen LogP contribution in [0.4, 0.5) is 17.1 Å². The maximum absolute atomic E-state index is 12.9. The van der Waals surface area contributed by atoms with Gasteiger partial charge in [-0.1, -0.05) is 46.4 Å². The van der Waals surface area contributed by atoms with Crippen LogP contribution >= 0.6 is 46.4 Å². The van der Waals surface area contributed by atoms with E-state index in [0.717, 1.165) is 0 Å². The zero-order valence-electron chi connectivity index (χ0n) is 15.2. The molecule has 0 saturated heterocycles. The van der Waals surface area contributed by atoms with Crippen LogP contribution in [0, 0.1) is 0 Å². The van der Waals surface area contributed by atoms with E-state index in [1.807, 2.05) is 6.92 Å². The molecule has 2 aromatic rings. The molecule has 0 saturated carbocycles. The smallest absolute Gasteiger partial charge is 0.337 e. The van der Waals surface area contributed by atoms with Crippen molar-refractivity contribution in [3.8, 4) is 0 Å². The topological polar surface area (TPSA) is 81.7 Å². The lowest BCUT2D eigenvalue weighted by atomic mass is 10.1. The van der Waals surface area contributed by atoms with Crippen molar-refractivity contribution in [2.24, 2.45) is 0 Å². The summed E-state index contributed by atoms with van der Waals surface area (Å²) in [5.74, 6) is -1.75. The Morgan fingerprint density at radius 2 is 1.64 bits per heavy atom. The fourth-order valence-electron chi connectivity index (χ4n) is 2.61. The molecule has 0 bridgehead atoms. The highest BCUT2D eigenvalue weighted by Gasteiger charge is 2.24. The van der Waals surface area contributed by atoms with Gasteiger partial charge in [-0.25, -0.2) is 4.79 Å². The Kier molecular flexibility index (Phi) is 7.28. The highest BCUT2D eigenvalue weighted by molar-refractivity contribution is 6.43. The van der Waals surface area contributed by atoms with Crippen molar-refractivity contribution in [2.75, 3.05) is 36.2 Å². The number of carboxylic acid groups (broad SMARTS) is 1. The molecule has 2 aromatic carbocycles. The van der Waals surface area contributed by atoms with Gasteiger partial charge in [0.15, 0.2) is 0 Å². The third-order valence-corrected chi connectivity index (χ3v) is 5.25. The molecule has 0 atom stereocenters. The summed E-state index contributed by atoms with van der Waals surface area (Å²) in [6.07, 6.45) is 0. The minimum absolute atomic E-state index is 0.0110. The molecule has 0 heterocycles. The van der Waals surface area contributed by atoms with Crippen molar-refractivity contribution in [2.45, 2.75) is 6.92 Å². The number of hydrogen-bond acceptors (Lipinski definition) is 4. The van der Waals surface area contributed by atoms with E-state index >= 15 is 0 Å². The second-order valence-corrected chi connectivity index (χ2v) is 7.41. The van der Waals surface area contributed by atoms with E-state index in [9.17, 15) is 14.7 Å². The van der Waals surface area contributed by atoms with Gasteiger partial charge in [0.25, 0.3) is 5.91 Å². The Labute approximate surface area is 182 Å². The third kappa shape index (κ3) is 4.41. The maximum Gasteiger partial charge on any atom is 0.337 e. The molecule has 0 aliphatic rings. The quantitative estimate of drug-likeness (QED) is 0.507. The first-order chi connectivity index (χ1) is 13.1. The summed E-state index contributed by atoms with van der Waals surface area (Å²) < 4.78 is 0. The molecule has 0 spiro atoms. The van der Waals surface area contributed by atoms with Crippen LogP contribution in [0.2, 0.25) is 20.1 Å². The van der Waals surface area contributed by atoms with Crippen LogP contribution in [0.15, 0.2) is 18.2 Å². The molecule has 0 aliphatic carbocycles. The average molecular weight is 465 g/mol. The van der Waals surface area contributed by atoms with Crippen molar-refractivity contribution < 1.29 is 14.7 Å². The predicted octanol–water partition coefficient (Wildman–Crippen LogP) is 5.75. The number of benzene rings is 2. The predicted molar refractivity (Wildman–Crippen MR) is 116 cm³/mol. The van der Waals surface area contributed by atoms with Gasteiger partial charge in [-0.3, -0.25) is 4.79 Å². The van der Waals surface area contributed by atoms with Crippen LogP contribution in [0.1, 0.15) is 27.6 Å². The second-order valence-electron chi connectivity index (χ2n) is 5.78. The average Bonchev–Trinajstić information content (AvgIpc) is 2.63. The Morgan fingerprint density at radius 3 is 2.18 bits per heavy atom. The molecule has 1 amide bonds. The Hall–Kier alpha value is -1.86. The van der Waals surface area contributed by atoms with E-state index in [2.05, 4.69) is 10.6 Å². The number of aromatic carboxylic acids is 1. The second kappa shape index (κ2) is 9.09. The lowest BCUT2D eigenvalue weighted by Crippen LogP contribution is -2.21. The van der Waals surface area contributed by atoms with E-state index in [1.165, 1.54) is 18.2 Å². The summed E-state index contributed by atoms with van der Waals surface area (Å²) in [6.45, 7) is 2.32. The van der Waals surface area contributed by atoms with E-state index in [4.69, 9.17) is 46.4 Å². The first kappa shape index (κ1) is 22.4. The molecule has 0 unspecified atom stereocenters. The van der Waals surface area contributed by atoms with Gasteiger partial charge in [-0.2, -0.15) is 0 Å². The number of carbonyl (C=O) groups is 2. The van der Waals surface area contributed by atoms with Crippen LogP contribution in [-0.4, -0.2) is 37.6 Å². The SMILES string of the molecule is CCN(C)c1c(C(=O)O)cc(Cl)c(NC(=O)c2cc(Cl)cc(Cl)c2NC)c1Cl. The highest BCUT2D eigenvalue weighted by Crippen LogP contribution is 2.41. The summed E-state index contributed by atoms with van der Waals surface area (Å²) in [5, 5.41) is 15.5. The van der Waals surface area contributed by atoms with Crippen LogP contribution in [0.25, 0.3) is 0 Å². The van der Waals surface area contributed by atoms with Crippen molar-refractivity contribution in [1.82, 2.24) is 0 Å². The van der Waals surface area contributed by atoms with E-state index in [1.54, 1.807) is 19.0 Å². The summed E-state index contributed by atoms with van der Waals surface area (Å²) >= 11 is 24.8. The molecule has 150 valence electrons. The maximum atomic E-state index is 12.9. The number of nitrogens with one attached hydrogen (secondary N) is 2.